The lowest BCUT2D eigenvalue weighted by Crippen LogP contribution is -2.36. The quantitative estimate of drug-likeness (QED) is 0.152. The van der Waals surface area contributed by atoms with Crippen molar-refractivity contribution in [2.24, 2.45) is 0 Å². The van der Waals surface area contributed by atoms with Gasteiger partial charge in [-0.3, -0.25) is 0 Å². The lowest BCUT2D eigenvalue weighted by atomic mass is 9.77. The fraction of sp³-hybridized carbons (Fsp3) is 0.208. The van der Waals surface area contributed by atoms with Crippen molar-refractivity contribution in [3.8, 4) is 33.4 Å². The normalized spacial score (nSPS) is 13.5. The highest BCUT2D eigenvalue weighted by molar-refractivity contribution is 6.30. The van der Waals surface area contributed by atoms with Gasteiger partial charge in [-0.25, -0.2) is 0 Å². The molecule has 274 valence electrons. The van der Waals surface area contributed by atoms with Crippen LogP contribution in [0.2, 0.25) is 10.0 Å². The Morgan fingerprint density at radius 1 is 0.545 bits per heavy atom. The average molecular weight is 756 g/mol. The summed E-state index contributed by atoms with van der Waals surface area (Å²) in [6, 6.07) is 46.5. The second-order valence-corrected chi connectivity index (χ2v) is 18.1. The minimum absolute atomic E-state index is 0.0720. The summed E-state index contributed by atoms with van der Waals surface area (Å²) in [6.45, 7) is 14.1. The van der Waals surface area contributed by atoms with Crippen LogP contribution in [-0.2, 0) is 23.7 Å². The van der Waals surface area contributed by atoms with Crippen LogP contribution in [0.3, 0.4) is 0 Å². The van der Waals surface area contributed by atoms with Gasteiger partial charge < -0.3 is 0 Å². The summed E-state index contributed by atoms with van der Waals surface area (Å²) in [5.74, 6) is 0. The number of hydrogen-bond donors (Lipinski definition) is 0. The van der Waals surface area contributed by atoms with Crippen LogP contribution in [0.4, 0.5) is 0 Å². The van der Waals surface area contributed by atoms with Crippen LogP contribution in [0.1, 0.15) is 75.8 Å². The Kier molecular flexibility index (Phi) is 9.87. The highest BCUT2D eigenvalue weighted by Crippen LogP contribution is 2.46. The standard InChI is InChI=1S/C53H48Cl2/c1-52(2,3)46-32-43-44(31-42(46)36-15-9-7-10-16-36)48(37-19-13-14-20-37)51-45(43)33-47(53(4,5)6)49(38-17-11-8-12-18-38)50(51)39(29-34-21-25-40(54)26-22-34)30-35-23-27-41(55)28-24-35/h7-19,21-28,31-33H,20,29-30H2,1-6H3. The first-order chi connectivity index (χ1) is 26.4. The Morgan fingerprint density at radius 2 is 1.07 bits per heavy atom. The molecular formula is C53H48Cl2. The number of allylic oxidation sites excluding steroid dienone is 4. The predicted molar refractivity (Wildman–Crippen MR) is 237 cm³/mol. The molecule has 2 aliphatic carbocycles. The molecule has 0 unspecified atom stereocenters. The van der Waals surface area contributed by atoms with E-state index in [0.717, 1.165) is 29.3 Å². The van der Waals surface area contributed by atoms with E-state index in [1.54, 1.807) is 0 Å². The van der Waals surface area contributed by atoms with Gasteiger partial charge in [0.25, 0.3) is 0 Å². The average Bonchev–Trinajstić information content (AvgIpc) is 3.81. The van der Waals surface area contributed by atoms with Crippen LogP contribution in [0.5, 0.6) is 0 Å². The lowest BCUT2D eigenvalue weighted by Gasteiger charge is -2.27. The van der Waals surface area contributed by atoms with E-state index in [1.807, 2.05) is 24.3 Å². The third-order valence-corrected chi connectivity index (χ3v) is 11.7. The van der Waals surface area contributed by atoms with Gasteiger partial charge in [-0.15, -0.1) is 0 Å². The first-order valence-electron chi connectivity index (χ1n) is 19.5. The zero-order valence-electron chi connectivity index (χ0n) is 32.7. The zero-order chi connectivity index (χ0) is 38.5. The Balaban J connectivity index is 1.61. The van der Waals surface area contributed by atoms with Crippen molar-refractivity contribution in [3.63, 3.8) is 0 Å². The van der Waals surface area contributed by atoms with E-state index in [1.165, 1.54) is 88.4 Å². The van der Waals surface area contributed by atoms with Crippen molar-refractivity contribution >= 4 is 34.3 Å². The van der Waals surface area contributed by atoms with Crippen molar-refractivity contribution in [3.05, 3.63) is 199 Å². The molecule has 0 saturated heterocycles. The van der Waals surface area contributed by atoms with Gasteiger partial charge in [-0.2, -0.15) is 0 Å². The van der Waals surface area contributed by atoms with Crippen LogP contribution in [-0.4, -0.2) is 0 Å². The number of rotatable bonds is 7. The summed E-state index contributed by atoms with van der Waals surface area (Å²) >= 11 is 12.9. The largest absolute Gasteiger partial charge is 0.0843 e. The van der Waals surface area contributed by atoms with Gasteiger partial charge in [0.05, 0.1) is 0 Å². The van der Waals surface area contributed by atoms with E-state index in [-0.39, 0.29) is 10.8 Å². The van der Waals surface area contributed by atoms with E-state index in [4.69, 9.17) is 23.2 Å². The van der Waals surface area contributed by atoms with E-state index in [9.17, 15) is 0 Å². The highest BCUT2D eigenvalue weighted by Gasteiger charge is 2.32. The molecular weight excluding hydrogens is 707 g/mol. The Hall–Kier alpha value is -4.88. The molecule has 2 heteroatoms. The van der Waals surface area contributed by atoms with Crippen molar-refractivity contribution in [1.82, 2.24) is 0 Å². The van der Waals surface area contributed by atoms with Crippen molar-refractivity contribution in [1.29, 1.82) is 0 Å². The maximum Gasteiger partial charge on any atom is 0.0406 e. The fourth-order valence-corrected chi connectivity index (χ4v) is 8.80. The number of fused-ring (bicyclic) bond motifs is 3. The van der Waals surface area contributed by atoms with Gasteiger partial charge in [0.15, 0.2) is 0 Å². The molecule has 0 aromatic heterocycles. The van der Waals surface area contributed by atoms with E-state index < -0.39 is 0 Å². The van der Waals surface area contributed by atoms with Crippen molar-refractivity contribution < 1.29 is 0 Å². The number of hydrogen-bond acceptors (Lipinski definition) is 0. The molecule has 0 nitrogen and oxygen atoms in total. The minimum Gasteiger partial charge on any atom is -0.0843 e. The maximum atomic E-state index is 6.47. The SMILES string of the molecule is CC(C)(C)c1cc2c(cc1-c1ccccc1)C(C1=CC=CC1)=c1c-2cc(C(C)(C)C)c(-c2ccccc2)c1=C(Cc1ccc(Cl)cc1)Cc1ccc(Cl)cc1. The van der Waals surface area contributed by atoms with Crippen molar-refractivity contribution in [2.75, 3.05) is 0 Å². The first-order valence-corrected chi connectivity index (χ1v) is 20.2. The summed E-state index contributed by atoms with van der Waals surface area (Å²) in [6.07, 6.45) is 9.34. The molecule has 0 aliphatic heterocycles. The first kappa shape index (κ1) is 37.1. The molecule has 8 rings (SSSR count). The van der Waals surface area contributed by atoms with Gasteiger partial charge in [0, 0.05) is 10.0 Å². The zero-order valence-corrected chi connectivity index (χ0v) is 34.2. The number of benzene rings is 6. The molecule has 0 bridgehead atoms. The third kappa shape index (κ3) is 7.31. The van der Waals surface area contributed by atoms with Crippen LogP contribution < -0.4 is 10.4 Å². The molecule has 2 aliphatic rings. The molecule has 0 heterocycles. The van der Waals surface area contributed by atoms with Gasteiger partial charge in [-0.1, -0.05) is 173 Å². The maximum absolute atomic E-state index is 6.47. The predicted octanol–water partition coefficient (Wildman–Crippen LogP) is 13.6. The van der Waals surface area contributed by atoms with Crippen LogP contribution in [0.25, 0.3) is 44.5 Å². The fourth-order valence-electron chi connectivity index (χ4n) is 8.55. The summed E-state index contributed by atoms with van der Waals surface area (Å²) < 4.78 is 0. The molecule has 0 atom stereocenters. The monoisotopic (exact) mass is 754 g/mol. The van der Waals surface area contributed by atoms with Gasteiger partial charge in [0.2, 0.25) is 0 Å². The van der Waals surface area contributed by atoms with Gasteiger partial charge in [0.1, 0.15) is 0 Å². The smallest absolute Gasteiger partial charge is 0.0406 e. The molecule has 55 heavy (non-hydrogen) atoms. The molecule has 0 fully saturated rings. The second kappa shape index (κ2) is 14.6. The highest BCUT2D eigenvalue weighted by atomic mass is 35.5. The lowest BCUT2D eigenvalue weighted by molar-refractivity contribution is 0.590. The van der Waals surface area contributed by atoms with Gasteiger partial charge >= 0.3 is 0 Å². The second-order valence-electron chi connectivity index (χ2n) is 17.2. The van der Waals surface area contributed by atoms with Crippen LogP contribution in [0, 0.1) is 0 Å². The Bertz CT molecular complexity index is 2540. The molecule has 0 spiro atoms. The summed E-state index contributed by atoms with van der Waals surface area (Å²) in [4.78, 5) is 0. The molecule has 0 radical (unpaired) electrons. The van der Waals surface area contributed by atoms with Gasteiger partial charge in [-0.05, 0) is 155 Å². The molecule has 0 saturated carbocycles. The Morgan fingerprint density at radius 3 is 1.58 bits per heavy atom. The van der Waals surface area contributed by atoms with E-state index >= 15 is 0 Å². The molecule has 0 amide bonds. The molecule has 0 N–H and O–H groups in total. The summed E-state index contributed by atoms with van der Waals surface area (Å²) in [7, 11) is 0. The van der Waals surface area contributed by atoms with Crippen LogP contribution in [0.15, 0.2) is 151 Å². The Labute approximate surface area is 337 Å². The topological polar surface area (TPSA) is 0 Å². The molecule has 6 aromatic carbocycles. The third-order valence-electron chi connectivity index (χ3n) is 11.2. The number of halogens is 2. The van der Waals surface area contributed by atoms with Crippen molar-refractivity contribution in [2.45, 2.75) is 71.6 Å². The van der Waals surface area contributed by atoms with E-state index in [0.29, 0.717) is 0 Å². The minimum atomic E-state index is -0.144. The van der Waals surface area contributed by atoms with Crippen LogP contribution >= 0.6 is 23.2 Å². The summed E-state index contributed by atoms with van der Waals surface area (Å²) in [5, 5.41) is 4.19. The molecule has 6 aromatic rings. The van der Waals surface area contributed by atoms with E-state index in [2.05, 4.69) is 163 Å². The summed E-state index contributed by atoms with van der Waals surface area (Å²) in [5.41, 5.74) is 18.2.